The first kappa shape index (κ1) is 18.9. The molecule has 2 fully saturated rings. The third-order valence-corrected chi connectivity index (χ3v) is 4.92. The number of ether oxygens (including phenoxy) is 2. The van der Waals surface area contributed by atoms with Gasteiger partial charge in [0.1, 0.15) is 5.60 Å². The molecule has 1 amide bonds. The number of nitrogens with zero attached hydrogens (tertiary/aromatic N) is 4. The Bertz CT molecular complexity index is 636. The topological polar surface area (TPSA) is 67.8 Å². The lowest BCUT2D eigenvalue weighted by molar-refractivity contribution is -0.0915. The van der Waals surface area contributed by atoms with Crippen LogP contribution in [0.5, 0.6) is 0 Å². The van der Waals surface area contributed by atoms with Gasteiger partial charge in [0.2, 0.25) is 5.95 Å². The SMILES string of the molecule is CCc1ccnc(N2CCOC3(CCN(C(=O)OC(C)(C)C)CC3)C2)n1. The lowest BCUT2D eigenvalue weighted by Gasteiger charge is -2.47. The van der Waals surface area contributed by atoms with Crippen LogP contribution in [0, 0.1) is 0 Å². The minimum Gasteiger partial charge on any atom is -0.444 e. The van der Waals surface area contributed by atoms with E-state index < -0.39 is 5.60 Å². The van der Waals surface area contributed by atoms with Crippen LogP contribution in [0.2, 0.25) is 0 Å². The molecular weight excluding hydrogens is 332 g/mol. The van der Waals surface area contributed by atoms with Gasteiger partial charge in [-0.25, -0.2) is 14.8 Å². The molecule has 3 heterocycles. The maximum absolute atomic E-state index is 12.3. The molecule has 0 aromatic carbocycles. The number of aromatic nitrogens is 2. The number of carbonyl (C=O) groups is 1. The van der Waals surface area contributed by atoms with Gasteiger partial charge in [-0.1, -0.05) is 6.92 Å². The van der Waals surface area contributed by atoms with Crippen LogP contribution in [0.25, 0.3) is 0 Å². The number of likely N-dealkylation sites (tertiary alicyclic amines) is 1. The van der Waals surface area contributed by atoms with Gasteiger partial charge in [-0.2, -0.15) is 0 Å². The van der Waals surface area contributed by atoms with E-state index >= 15 is 0 Å². The molecule has 2 saturated heterocycles. The summed E-state index contributed by atoms with van der Waals surface area (Å²) in [5.74, 6) is 0.779. The van der Waals surface area contributed by atoms with Crippen molar-refractivity contribution in [1.82, 2.24) is 14.9 Å². The summed E-state index contributed by atoms with van der Waals surface area (Å²) in [6, 6.07) is 1.96. The summed E-state index contributed by atoms with van der Waals surface area (Å²) in [5.41, 5.74) is 0.351. The molecule has 0 bridgehead atoms. The summed E-state index contributed by atoms with van der Waals surface area (Å²) in [5, 5.41) is 0. The van der Waals surface area contributed by atoms with E-state index in [1.807, 2.05) is 33.0 Å². The van der Waals surface area contributed by atoms with E-state index in [0.717, 1.165) is 44.0 Å². The fourth-order valence-electron chi connectivity index (χ4n) is 3.48. The van der Waals surface area contributed by atoms with Gasteiger partial charge >= 0.3 is 6.09 Å². The van der Waals surface area contributed by atoms with Crippen LogP contribution in [0.15, 0.2) is 12.3 Å². The Balaban J connectivity index is 1.62. The Morgan fingerprint density at radius 1 is 1.31 bits per heavy atom. The second kappa shape index (κ2) is 7.39. The molecular formula is C19H30N4O3. The lowest BCUT2D eigenvalue weighted by atomic mass is 9.89. The van der Waals surface area contributed by atoms with Gasteiger partial charge in [0.05, 0.1) is 18.8 Å². The van der Waals surface area contributed by atoms with Crippen LogP contribution in [0.4, 0.5) is 10.7 Å². The van der Waals surface area contributed by atoms with Gasteiger partial charge in [0.25, 0.3) is 0 Å². The first-order valence-electron chi connectivity index (χ1n) is 9.49. The van der Waals surface area contributed by atoms with Crippen LogP contribution < -0.4 is 4.90 Å². The first-order chi connectivity index (χ1) is 12.3. The number of piperidine rings is 1. The first-order valence-corrected chi connectivity index (χ1v) is 9.49. The standard InChI is InChI=1S/C19H30N4O3/c1-5-15-6-9-20-16(21-15)23-12-13-25-19(14-23)7-10-22(11-8-19)17(24)26-18(2,3)4/h6,9H,5,7-8,10-14H2,1-4H3. The van der Waals surface area contributed by atoms with E-state index in [1.165, 1.54) is 0 Å². The zero-order chi connectivity index (χ0) is 18.8. The van der Waals surface area contributed by atoms with Crippen molar-refractivity contribution in [2.24, 2.45) is 0 Å². The number of rotatable bonds is 2. The molecule has 0 saturated carbocycles. The molecule has 0 radical (unpaired) electrons. The minimum atomic E-state index is -0.466. The van der Waals surface area contributed by atoms with Gasteiger partial charge in [0.15, 0.2) is 0 Å². The Kier molecular flexibility index (Phi) is 5.37. The quantitative estimate of drug-likeness (QED) is 0.806. The summed E-state index contributed by atoms with van der Waals surface area (Å²) in [6.45, 7) is 11.3. The van der Waals surface area contributed by atoms with Gasteiger partial charge in [-0.05, 0) is 46.1 Å². The highest BCUT2D eigenvalue weighted by Crippen LogP contribution is 2.32. The van der Waals surface area contributed by atoms with E-state index in [4.69, 9.17) is 9.47 Å². The van der Waals surface area contributed by atoms with Gasteiger partial charge in [0, 0.05) is 31.5 Å². The monoisotopic (exact) mass is 362 g/mol. The molecule has 1 aromatic heterocycles. The molecule has 3 rings (SSSR count). The van der Waals surface area contributed by atoms with Gasteiger partial charge in [-0.15, -0.1) is 0 Å². The molecule has 0 atom stereocenters. The zero-order valence-corrected chi connectivity index (χ0v) is 16.3. The number of morpholine rings is 1. The number of carbonyl (C=O) groups excluding carboxylic acids is 1. The average molecular weight is 362 g/mol. The van der Waals surface area contributed by atoms with Crippen molar-refractivity contribution in [2.45, 2.75) is 58.2 Å². The van der Waals surface area contributed by atoms with E-state index in [2.05, 4.69) is 21.8 Å². The van der Waals surface area contributed by atoms with Crippen molar-refractivity contribution in [1.29, 1.82) is 0 Å². The molecule has 0 N–H and O–H groups in total. The van der Waals surface area contributed by atoms with Crippen molar-refractivity contribution < 1.29 is 14.3 Å². The van der Waals surface area contributed by atoms with Crippen LogP contribution in [0.3, 0.4) is 0 Å². The number of amides is 1. The lowest BCUT2D eigenvalue weighted by Crippen LogP contribution is -2.58. The van der Waals surface area contributed by atoms with Crippen LogP contribution in [-0.2, 0) is 15.9 Å². The second-order valence-corrected chi connectivity index (χ2v) is 8.12. The molecule has 26 heavy (non-hydrogen) atoms. The van der Waals surface area contributed by atoms with Crippen LogP contribution in [-0.4, -0.2) is 64.9 Å². The summed E-state index contributed by atoms with van der Waals surface area (Å²) in [6.07, 6.45) is 4.09. The molecule has 7 nitrogen and oxygen atoms in total. The third kappa shape index (κ3) is 4.44. The van der Waals surface area contributed by atoms with E-state index in [1.54, 1.807) is 4.90 Å². The number of anilines is 1. The predicted molar refractivity (Wildman–Crippen MR) is 99.3 cm³/mol. The molecule has 1 aromatic rings. The van der Waals surface area contributed by atoms with E-state index in [0.29, 0.717) is 19.7 Å². The minimum absolute atomic E-state index is 0.234. The van der Waals surface area contributed by atoms with Crippen molar-refractivity contribution in [2.75, 3.05) is 37.7 Å². The average Bonchev–Trinajstić information content (AvgIpc) is 2.61. The highest BCUT2D eigenvalue weighted by Gasteiger charge is 2.42. The highest BCUT2D eigenvalue weighted by atomic mass is 16.6. The summed E-state index contributed by atoms with van der Waals surface area (Å²) >= 11 is 0. The van der Waals surface area contributed by atoms with Gasteiger partial charge < -0.3 is 19.3 Å². The van der Waals surface area contributed by atoms with Crippen LogP contribution in [0.1, 0.15) is 46.2 Å². The second-order valence-electron chi connectivity index (χ2n) is 8.12. The zero-order valence-electron chi connectivity index (χ0n) is 16.3. The molecule has 2 aliphatic rings. The van der Waals surface area contributed by atoms with Crippen molar-refractivity contribution in [3.63, 3.8) is 0 Å². The van der Waals surface area contributed by atoms with Crippen molar-refractivity contribution in [3.8, 4) is 0 Å². The summed E-state index contributed by atoms with van der Waals surface area (Å²) in [4.78, 5) is 25.4. The molecule has 0 aliphatic carbocycles. The predicted octanol–water partition coefficient (Wildman–Crippen LogP) is 2.65. The Hall–Kier alpha value is -1.89. The molecule has 144 valence electrons. The maximum atomic E-state index is 12.3. The largest absolute Gasteiger partial charge is 0.444 e. The molecule has 1 spiro atoms. The van der Waals surface area contributed by atoms with E-state index in [-0.39, 0.29) is 11.7 Å². The molecule has 7 heteroatoms. The maximum Gasteiger partial charge on any atom is 0.410 e. The summed E-state index contributed by atoms with van der Waals surface area (Å²) < 4.78 is 11.7. The molecule has 2 aliphatic heterocycles. The number of hydrogen-bond donors (Lipinski definition) is 0. The van der Waals surface area contributed by atoms with Crippen molar-refractivity contribution >= 4 is 12.0 Å². The van der Waals surface area contributed by atoms with E-state index in [9.17, 15) is 4.79 Å². The number of hydrogen-bond acceptors (Lipinski definition) is 6. The number of aryl methyl sites for hydroxylation is 1. The summed E-state index contributed by atoms with van der Waals surface area (Å²) in [7, 11) is 0. The Morgan fingerprint density at radius 2 is 2.04 bits per heavy atom. The Labute approximate surface area is 155 Å². The normalized spacial score (nSPS) is 20.3. The Morgan fingerprint density at radius 3 is 2.69 bits per heavy atom. The van der Waals surface area contributed by atoms with Crippen LogP contribution >= 0.6 is 0 Å². The van der Waals surface area contributed by atoms with Crippen molar-refractivity contribution in [3.05, 3.63) is 18.0 Å². The fraction of sp³-hybridized carbons (Fsp3) is 0.737. The third-order valence-electron chi connectivity index (χ3n) is 4.92. The fourth-order valence-corrected chi connectivity index (χ4v) is 3.48. The van der Waals surface area contributed by atoms with Gasteiger partial charge in [-0.3, -0.25) is 0 Å². The smallest absolute Gasteiger partial charge is 0.410 e. The highest BCUT2D eigenvalue weighted by molar-refractivity contribution is 5.68. The molecule has 0 unspecified atom stereocenters.